The van der Waals surface area contributed by atoms with E-state index in [1.807, 2.05) is 0 Å². The number of aryl methyl sites for hydroxylation is 1. The first kappa shape index (κ1) is 20.6. The summed E-state index contributed by atoms with van der Waals surface area (Å²) in [6.07, 6.45) is 0. The molecule has 1 amide bonds. The number of thiazole rings is 1. The molecule has 0 unspecified atom stereocenters. The minimum absolute atomic E-state index is 0.0198. The van der Waals surface area contributed by atoms with Crippen molar-refractivity contribution in [3.8, 4) is 22.5 Å². The van der Waals surface area contributed by atoms with Crippen molar-refractivity contribution in [2.45, 2.75) is 6.92 Å². The van der Waals surface area contributed by atoms with Crippen molar-refractivity contribution < 1.29 is 18.6 Å². The number of hydrogen-bond acceptors (Lipinski definition) is 7. The molecular weight excluding hydrogens is 447 g/mol. The molecule has 0 spiro atoms. The Bertz CT molecular complexity index is 1300. The largest absolute Gasteiger partial charge is 0.360 e. The number of nitrogens with one attached hydrogen (secondary N) is 1. The summed E-state index contributed by atoms with van der Waals surface area (Å²) in [7, 11) is 0. The van der Waals surface area contributed by atoms with Crippen molar-refractivity contribution >= 4 is 39.7 Å². The number of amides is 1. The van der Waals surface area contributed by atoms with Crippen LogP contribution in [0, 0.1) is 22.9 Å². The molecule has 2 heterocycles. The van der Waals surface area contributed by atoms with Crippen LogP contribution in [-0.2, 0) is 0 Å². The second-order valence-corrected chi connectivity index (χ2v) is 7.62. The number of nitro groups is 1. The number of aromatic nitrogens is 2. The lowest BCUT2D eigenvalue weighted by Crippen LogP contribution is -2.13. The number of rotatable bonds is 5. The maximum absolute atomic E-state index is 14.3. The fourth-order valence-electron chi connectivity index (χ4n) is 2.94. The number of non-ortho nitro benzene ring substituents is 1. The lowest BCUT2D eigenvalue weighted by atomic mass is 10.1. The normalized spacial score (nSPS) is 10.8. The van der Waals surface area contributed by atoms with E-state index in [4.69, 9.17) is 16.1 Å². The van der Waals surface area contributed by atoms with Crippen LogP contribution in [0.25, 0.3) is 22.5 Å². The van der Waals surface area contributed by atoms with E-state index >= 15 is 0 Å². The van der Waals surface area contributed by atoms with Gasteiger partial charge in [-0.25, -0.2) is 9.37 Å². The van der Waals surface area contributed by atoms with Crippen LogP contribution < -0.4 is 5.32 Å². The average Bonchev–Trinajstić information content (AvgIpc) is 3.35. The Balaban J connectivity index is 1.63. The van der Waals surface area contributed by atoms with Crippen molar-refractivity contribution in [2.75, 3.05) is 5.32 Å². The van der Waals surface area contributed by atoms with Crippen molar-refractivity contribution in [2.24, 2.45) is 0 Å². The third-order valence-corrected chi connectivity index (χ3v) is 5.44. The highest BCUT2D eigenvalue weighted by atomic mass is 35.5. The van der Waals surface area contributed by atoms with Gasteiger partial charge in [0.15, 0.2) is 5.13 Å². The van der Waals surface area contributed by atoms with Crippen LogP contribution in [0.1, 0.15) is 16.1 Å². The lowest BCUT2D eigenvalue weighted by Gasteiger charge is -2.05. The van der Waals surface area contributed by atoms with Gasteiger partial charge in [0, 0.05) is 23.1 Å². The molecular formula is C20H12ClFN4O4S. The average molecular weight is 459 g/mol. The number of nitrogens with zero attached hydrogens (tertiary/aromatic N) is 3. The van der Waals surface area contributed by atoms with Gasteiger partial charge in [0.2, 0.25) is 0 Å². The molecule has 8 nitrogen and oxygen atoms in total. The summed E-state index contributed by atoms with van der Waals surface area (Å²) in [5.41, 5.74) is 0.896. The zero-order valence-electron chi connectivity index (χ0n) is 15.8. The van der Waals surface area contributed by atoms with E-state index in [1.165, 1.54) is 37.3 Å². The van der Waals surface area contributed by atoms with Gasteiger partial charge < -0.3 is 4.52 Å². The Morgan fingerprint density at radius 2 is 2.06 bits per heavy atom. The molecule has 0 saturated carbocycles. The lowest BCUT2D eigenvalue weighted by molar-refractivity contribution is -0.384. The minimum atomic E-state index is -0.642. The molecule has 0 atom stereocenters. The molecule has 0 fully saturated rings. The Kier molecular flexibility index (Phi) is 5.49. The molecule has 4 aromatic rings. The van der Waals surface area contributed by atoms with Crippen molar-refractivity contribution in [3.05, 3.63) is 80.1 Å². The summed E-state index contributed by atoms with van der Waals surface area (Å²) >= 11 is 7.24. The van der Waals surface area contributed by atoms with Crippen LogP contribution in [0.4, 0.5) is 15.2 Å². The molecule has 11 heteroatoms. The van der Waals surface area contributed by atoms with Crippen molar-refractivity contribution in [3.63, 3.8) is 0 Å². The predicted octanol–water partition coefficient (Wildman–Crippen LogP) is 5.73. The molecule has 1 N–H and O–H groups in total. The molecule has 2 aromatic heterocycles. The zero-order valence-corrected chi connectivity index (χ0v) is 17.3. The summed E-state index contributed by atoms with van der Waals surface area (Å²) in [4.78, 5) is 27.7. The van der Waals surface area contributed by atoms with Crippen LogP contribution in [0.2, 0.25) is 5.02 Å². The first-order valence-electron chi connectivity index (χ1n) is 8.77. The van der Waals surface area contributed by atoms with Crippen LogP contribution in [0.5, 0.6) is 0 Å². The summed E-state index contributed by atoms with van der Waals surface area (Å²) < 4.78 is 19.5. The van der Waals surface area contributed by atoms with Gasteiger partial charge in [-0.15, -0.1) is 11.3 Å². The molecule has 0 bridgehead atoms. The number of nitro benzene ring substituents is 1. The number of anilines is 1. The fraction of sp³-hybridized carbons (Fsp3) is 0.0500. The SMILES string of the molecule is Cc1onc(-c2c(F)cccc2Cl)c1C(=O)Nc1nc(-c2cccc([N+](=O)[O-])c2)cs1. The van der Waals surface area contributed by atoms with Gasteiger partial charge in [0.05, 0.1) is 21.2 Å². The molecule has 0 aliphatic carbocycles. The minimum Gasteiger partial charge on any atom is -0.360 e. The quantitative estimate of drug-likeness (QED) is 0.302. The second kappa shape index (κ2) is 8.25. The standard InChI is InChI=1S/C20H12ClFN4O4S/c1-10-16(18(25-30-10)17-13(21)6-3-7-14(17)22)19(27)24-20-23-15(9-31-20)11-4-2-5-12(8-11)26(28)29/h2-9H,1H3,(H,23,24,27). The summed E-state index contributed by atoms with van der Waals surface area (Å²) in [6.45, 7) is 1.52. The number of benzene rings is 2. The maximum Gasteiger partial charge on any atom is 0.270 e. The Hall–Kier alpha value is -3.63. The van der Waals surface area contributed by atoms with Crippen LogP contribution >= 0.6 is 22.9 Å². The van der Waals surface area contributed by atoms with Gasteiger partial charge in [0.1, 0.15) is 22.8 Å². The monoisotopic (exact) mass is 458 g/mol. The van der Waals surface area contributed by atoms with E-state index in [9.17, 15) is 19.3 Å². The highest BCUT2D eigenvalue weighted by molar-refractivity contribution is 7.14. The zero-order chi connectivity index (χ0) is 22.1. The third kappa shape index (κ3) is 4.03. The first-order valence-corrected chi connectivity index (χ1v) is 10.0. The summed E-state index contributed by atoms with van der Waals surface area (Å²) in [6, 6.07) is 10.1. The van der Waals surface area contributed by atoms with Gasteiger partial charge in [0.25, 0.3) is 11.6 Å². The molecule has 0 aliphatic heterocycles. The topological polar surface area (TPSA) is 111 Å². The Morgan fingerprint density at radius 1 is 1.29 bits per heavy atom. The van der Waals surface area contributed by atoms with Gasteiger partial charge in [-0.2, -0.15) is 0 Å². The van der Waals surface area contributed by atoms with Crippen LogP contribution in [0.3, 0.4) is 0 Å². The molecule has 2 aromatic carbocycles. The number of carbonyl (C=O) groups excluding carboxylic acids is 1. The third-order valence-electron chi connectivity index (χ3n) is 4.37. The van der Waals surface area contributed by atoms with E-state index < -0.39 is 16.6 Å². The van der Waals surface area contributed by atoms with Crippen molar-refractivity contribution in [1.82, 2.24) is 10.1 Å². The second-order valence-electron chi connectivity index (χ2n) is 6.36. The molecule has 156 valence electrons. The van der Waals surface area contributed by atoms with E-state index in [2.05, 4.69) is 15.5 Å². The first-order chi connectivity index (χ1) is 14.8. The fourth-order valence-corrected chi connectivity index (χ4v) is 3.90. The maximum atomic E-state index is 14.3. The summed E-state index contributed by atoms with van der Waals surface area (Å²) in [5.74, 6) is -1.06. The molecule has 0 aliphatic rings. The predicted molar refractivity (Wildman–Crippen MR) is 114 cm³/mol. The van der Waals surface area contributed by atoms with Gasteiger partial charge in [-0.3, -0.25) is 20.2 Å². The molecule has 31 heavy (non-hydrogen) atoms. The molecule has 0 saturated heterocycles. The number of carbonyl (C=O) groups is 1. The van der Waals surface area contributed by atoms with Crippen LogP contribution in [0.15, 0.2) is 52.4 Å². The highest BCUT2D eigenvalue weighted by Crippen LogP contribution is 2.34. The highest BCUT2D eigenvalue weighted by Gasteiger charge is 2.26. The van der Waals surface area contributed by atoms with E-state index in [0.717, 1.165) is 11.3 Å². The summed E-state index contributed by atoms with van der Waals surface area (Å²) in [5, 5.41) is 19.4. The molecule has 0 radical (unpaired) electrons. The number of hydrogen-bond donors (Lipinski definition) is 1. The van der Waals surface area contributed by atoms with E-state index in [-0.39, 0.29) is 38.4 Å². The smallest absolute Gasteiger partial charge is 0.270 e. The van der Waals surface area contributed by atoms with Crippen LogP contribution in [-0.4, -0.2) is 21.0 Å². The van der Waals surface area contributed by atoms with E-state index in [1.54, 1.807) is 17.5 Å². The van der Waals surface area contributed by atoms with Crippen molar-refractivity contribution in [1.29, 1.82) is 0 Å². The van der Waals surface area contributed by atoms with E-state index in [0.29, 0.717) is 11.3 Å². The van der Waals surface area contributed by atoms with Gasteiger partial charge in [-0.1, -0.05) is 35.0 Å². The molecule has 4 rings (SSSR count). The van der Waals surface area contributed by atoms with Gasteiger partial charge in [-0.05, 0) is 19.1 Å². The number of halogens is 2. The Labute approximate surface area is 183 Å². The van der Waals surface area contributed by atoms with Gasteiger partial charge >= 0.3 is 0 Å². The Morgan fingerprint density at radius 3 is 2.81 bits per heavy atom.